The number of carbonyl (C=O) groups excluding carboxylic acids is 1. The fraction of sp³-hybridized carbons (Fsp3) is 0.333. The van der Waals surface area contributed by atoms with E-state index >= 15 is 0 Å². The first kappa shape index (κ1) is 16.6. The second kappa shape index (κ2) is 8.64. The molecule has 1 amide bonds. The van der Waals surface area contributed by atoms with E-state index in [0.717, 1.165) is 17.7 Å². The highest BCUT2D eigenvalue weighted by molar-refractivity contribution is 5.77. The van der Waals surface area contributed by atoms with Gasteiger partial charge in [0.15, 0.2) is 6.61 Å². The van der Waals surface area contributed by atoms with Gasteiger partial charge in [-0.2, -0.15) is 5.26 Å². The van der Waals surface area contributed by atoms with Gasteiger partial charge in [0.2, 0.25) is 0 Å². The summed E-state index contributed by atoms with van der Waals surface area (Å²) >= 11 is 0. The Labute approximate surface area is 136 Å². The van der Waals surface area contributed by atoms with Crippen LogP contribution in [-0.4, -0.2) is 24.0 Å². The maximum absolute atomic E-state index is 12.4. The molecule has 0 saturated carbocycles. The summed E-state index contributed by atoms with van der Waals surface area (Å²) in [6.45, 7) is 2.68. The van der Waals surface area contributed by atoms with Crippen molar-refractivity contribution in [2.45, 2.75) is 26.3 Å². The molecule has 1 heterocycles. The monoisotopic (exact) mass is 312 g/mol. The number of hydrogen-bond donors (Lipinski definition) is 0. The molecule has 0 spiro atoms. The van der Waals surface area contributed by atoms with Crippen LogP contribution in [0.4, 0.5) is 0 Å². The van der Waals surface area contributed by atoms with Crippen LogP contribution in [0.1, 0.15) is 24.7 Å². The van der Waals surface area contributed by atoms with Gasteiger partial charge in [0.1, 0.15) is 11.5 Å². The van der Waals surface area contributed by atoms with Crippen LogP contribution in [0.5, 0.6) is 5.75 Å². The number of hydrogen-bond acceptors (Lipinski definition) is 4. The predicted octanol–water partition coefficient (Wildman–Crippen LogP) is 3.16. The minimum atomic E-state index is -0.164. The first-order valence-corrected chi connectivity index (χ1v) is 7.62. The summed E-state index contributed by atoms with van der Waals surface area (Å²) < 4.78 is 10.9. The van der Waals surface area contributed by atoms with Crippen molar-refractivity contribution in [1.82, 2.24) is 4.90 Å². The molecule has 120 valence electrons. The Balaban J connectivity index is 1.98. The van der Waals surface area contributed by atoms with E-state index in [1.165, 1.54) is 0 Å². The summed E-state index contributed by atoms with van der Waals surface area (Å²) in [5.41, 5.74) is 1.06. The zero-order valence-corrected chi connectivity index (χ0v) is 13.2. The van der Waals surface area contributed by atoms with Crippen molar-refractivity contribution in [2.24, 2.45) is 0 Å². The van der Waals surface area contributed by atoms with Gasteiger partial charge in [-0.25, -0.2) is 0 Å². The lowest BCUT2D eigenvalue weighted by Gasteiger charge is -2.21. The van der Waals surface area contributed by atoms with Crippen LogP contribution in [0.3, 0.4) is 0 Å². The van der Waals surface area contributed by atoms with Crippen molar-refractivity contribution >= 4 is 5.91 Å². The lowest BCUT2D eigenvalue weighted by molar-refractivity contribution is -0.134. The van der Waals surface area contributed by atoms with Gasteiger partial charge in [0.25, 0.3) is 5.91 Å². The number of nitriles is 1. The maximum atomic E-state index is 12.4. The molecule has 0 bridgehead atoms. The number of aryl methyl sites for hydroxylation is 1. The topological polar surface area (TPSA) is 66.5 Å². The molecular formula is C18H20N2O3. The summed E-state index contributed by atoms with van der Waals surface area (Å²) in [5, 5.41) is 8.76. The fourth-order valence-electron chi connectivity index (χ4n) is 2.24. The van der Waals surface area contributed by atoms with Gasteiger partial charge in [-0.05, 0) is 30.2 Å². The molecule has 5 nitrogen and oxygen atoms in total. The van der Waals surface area contributed by atoms with Crippen LogP contribution in [0.2, 0.25) is 0 Å². The molecule has 1 aromatic heterocycles. The number of rotatable bonds is 8. The van der Waals surface area contributed by atoms with E-state index in [0.29, 0.717) is 18.8 Å². The molecule has 0 aliphatic heterocycles. The van der Waals surface area contributed by atoms with E-state index in [-0.39, 0.29) is 18.9 Å². The Bertz CT molecular complexity index is 659. The van der Waals surface area contributed by atoms with Gasteiger partial charge in [-0.1, -0.05) is 25.1 Å². The van der Waals surface area contributed by atoms with Gasteiger partial charge < -0.3 is 14.1 Å². The van der Waals surface area contributed by atoms with Crippen LogP contribution in [0.25, 0.3) is 0 Å². The Morgan fingerprint density at radius 2 is 2.13 bits per heavy atom. The molecule has 5 heteroatoms. The smallest absolute Gasteiger partial charge is 0.260 e. The largest absolute Gasteiger partial charge is 0.483 e. The number of carbonyl (C=O) groups is 1. The van der Waals surface area contributed by atoms with Crippen LogP contribution >= 0.6 is 0 Å². The summed E-state index contributed by atoms with van der Waals surface area (Å²) in [5.74, 6) is 1.24. The van der Waals surface area contributed by atoms with Gasteiger partial charge in [0, 0.05) is 6.54 Å². The molecule has 0 N–H and O–H groups in total. The Kier molecular flexibility index (Phi) is 6.25. The summed E-state index contributed by atoms with van der Waals surface area (Å²) in [4.78, 5) is 14.0. The van der Waals surface area contributed by atoms with Crippen molar-refractivity contribution in [3.05, 3.63) is 54.0 Å². The van der Waals surface area contributed by atoms with Crippen molar-refractivity contribution in [3.63, 3.8) is 0 Å². The zero-order valence-electron chi connectivity index (χ0n) is 13.2. The third-order valence-corrected chi connectivity index (χ3v) is 3.48. The first-order chi connectivity index (χ1) is 11.2. The highest BCUT2D eigenvalue weighted by atomic mass is 16.5. The molecule has 0 fully saturated rings. The van der Waals surface area contributed by atoms with Crippen molar-refractivity contribution in [2.75, 3.05) is 13.2 Å². The van der Waals surface area contributed by atoms with Crippen LogP contribution in [0, 0.1) is 11.3 Å². The molecular weight excluding hydrogens is 292 g/mol. The second-order valence-electron chi connectivity index (χ2n) is 5.05. The zero-order chi connectivity index (χ0) is 16.5. The lowest BCUT2D eigenvalue weighted by Crippen LogP contribution is -2.35. The number of ether oxygens (including phenoxy) is 1. The molecule has 0 aliphatic rings. The van der Waals surface area contributed by atoms with Crippen molar-refractivity contribution in [3.8, 4) is 11.8 Å². The normalized spacial score (nSPS) is 10.1. The number of furan rings is 1. The van der Waals surface area contributed by atoms with E-state index in [1.54, 1.807) is 23.3 Å². The standard InChI is InChI=1S/C18H20N2O3/c1-2-15-7-3-4-9-17(15)23-14-18(21)20(11-6-10-19)13-16-8-5-12-22-16/h3-5,7-9,12H,2,6,11,13-14H2,1H3. The average molecular weight is 312 g/mol. The highest BCUT2D eigenvalue weighted by Crippen LogP contribution is 2.18. The third-order valence-electron chi connectivity index (χ3n) is 3.48. The molecule has 1 aromatic carbocycles. The Hall–Kier alpha value is -2.74. The molecule has 0 unspecified atom stereocenters. The minimum absolute atomic E-state index is 0.0524. The van der Waals surface area contributed by atoms with Gasteiger partial charge in [-0.3, -0.25) is 4.79 Å². The molecule has 2 aromatic rings. The van der Waals surface area contributed by atoms with Crippen LogP contribution in [0.15, 0.2) is 47.1 Å². The fourth-order valence-corrected chi connectivity index (χ4v) is 2.24. The summed E-state index contributed by atoms with van der Waals surface area (Å²) in [6.07, 6.45) is 2.68. The molecule has 0 aliphatic carbocycles. The van der Waals surface area contributed by atoms with E-state index in [2.05, 4.69) is 6.07 Å². The maximum Gasteiger partial charge on any atom is 0.260 e. The van der Waals surface area contributed by atoms with Gasteiger partial charge >= 0.3 is 0 Å². The van der Waals surface area contributed by atoms with Crippen LogP contribution < -0.4 is 4.74 Å². The van der Waals surface area contributed by atoms with E-state index in [4.69, 9.17) is 14.4 Å². The Morgan fingerprint density at radius 1 is 1.30 bits per heavy atom. The van der Waals surface area contributed by atoms with Crippen molar-refractivity contribution < 1.29 is 13.9 Å². The quantitative estimate of drug-likeness (QED) is 0.751. The molecule has 0 radical (unpaired) electrons. The van der Waals surface area contributed by atoms with E-state index in [1.807, 2.05) is 31.2 Å². The lowest BCUT2D eigenvalue weighted by atomic mass is 10.1. The van der Waals surface area contributed by atoms with E-state index in [9.17, 15) is 4.79 Å². The SMILES string of the molecule is CCc1ccccc1OCC(=O)N(CCC#N)Cc1ccco1. The number of para-hydroxylation sites is 1. The molecule has 2 rings (SSSR count). The summed E-state index contributed by atoms with van der Waals surface area (Å²) in [6, 6.07) is 13.3. The average Bonchev–Trinajstić information content (AvgIpc) is 3.09. The van der Waals surface area contributed by atoms with Crippen molar-refractivity contribution in [1.29, 1.82) is 5.26 Å². The number of amides is 1. The molecule has 0 saturated heterocycles. The molecule has 0 atom stereocenters. The minimum Gasteiger partial charge on any atom is -0.483 e. The second-order valence-corrected chi connectivity index (χ2v) is 5.05. The molecule has 23 heavy (non-hydrogen) atoms. The van der Waals surface area contributed by atoms with Gasteiger partial charge in [0.05, 0.1) is 25.3 Å². The predicted molar refractivity (Wildman–Crippen MR) is 85.7 cm³/mol. The number of benzene rings is 1. The Morgan fingerprint density at radius 3 is 2.83 bits per heavy atom. The van der Waals surface area contributed by atoms with Gasteiger partial charge in [-0.15, -0.1) is 0 Å². The highest BCUT2D eigenvalue weighted by Gasteiger charge is 2.16. The van der Waals surface area contributed by atoms with E-state index < -0.39 is 0 Å². The first-order valence-electron chi connectivity index (χ1n) is 7.62. The third kappa shape index (κ3) is 4.89. The summed E-state index contributed by atoms with van der Waals surface area (Å²) in [7, 11) is 0. The number of nitrogens with zero attached hydrogens (tertiary/aromatic N) is 2. The van der Waals surface area contributed by atoms with Crippen LogP contribution in [-0.2, 0) is 17.8 Å².